The number of aromatic nitrogens is 2. The first kappa shape index (κ1) is 34.6. The second kappa shape index (κ2) is 15.8. The maximum atomic E-state index is 13.9. The van der Waals surface area contributed by atoms with Gasteiger partial charge >= 0.3 is 18.4 Å². The molecule has 2 heterocycles. The number of nitrogens with one attached hydrogen (secondary N) is 1. The van der Waals surface area contributed by atoms with Crippen LogP contribution in [0.5, 0.6) is 5.75 Å². The lowest BCUT2D eigenvalue weighted by Gasteiger charge is -2.32. The first-order valence-corrected chi connectivity index (χ1v) is 15.0. The maximum absolute atomic E-state index is 13.9. The number of carbonyl (C=O) groups excluding carboxylic acids is 1. The van der Waals surface area contributed by atoms with E-state index in [4.69, 9.17) is 14.0 Å². The lowest BCUT2D eigenvalue weighted by atomic mass is 9.98. The molecule has 0 bridgehead atoms. The van der Waals surface area contributed by atoms with Crippen LogP contribution < -0.4 is 10.1 Å². The van der Waals surface area contributed by atoms with Crippen LogP contribution in [-0.2, 0) is 10.9 Å². The van der Waals surface area contributed by atoms with Gasteiger partial charge in [-0.3, -0.25) is 5.32 Å². The lowest BCUT2D eigenvalue weighted by Crippen LogP contribution is -2.48. The minimum Gasteiger partial charge on any atom is -0.493 e. The highest BCUT2D eigenvalue weighted by molar-refractivity contribution is 5.98. The molecule has 244 valence electrons. The number of unbranched alkanes of at least 4 members (excludes halogenated alkanes) is 6. The Labute approximate surface area is 255 Å². The minimum absolute atomic E-state index is 0.0208. The molecule has 0 saturated carbocycles. The maximum Gasteiger partial charge on any atom is 0.437 e. The second-order valence-corrected chi connectivity index (χ2v) is 11.8. The quantitative estimate of drug-likeness (QED) is 0.147. The summed E-state index contributed by atoms with van der Waals surface area (Å²) in [5, 5.41) is 15.3. The van der Waals surface area contributed by atoms with Crippen molar-refractivity contribution in [3.05, 3.63) is 29.7 Å². The van der Waals surface area contributed by atoms with E-state index in [9.17, 15) is 27.9 Å². The molecule has 11 nitrogen and oxygen atoms in total. The number of nitrogens with zero attached hydrogens (tertiary/aromatic N) is 4. The number of benzene rings is 1. The Kier molecular flexibility index (Phi) is 12.4. The van der Waals surface area contributed by atoms with Crippen LogP contribution in [0.25, 0.3) is 11.4 Å². The molecule has 3 rings (SSSR count). The fraction of sp³-hybridized carbons (Fsp3) is 0.633. The van der Waals surface area contributed by atoms with Gasteiger partial charge in [0.25, 0.3) is 0 Å². The number of carboxylic acid groups (broad SMARTS) is 1. The summed E-state index contributed by atoms with van der Waals surface area (Å²) in [5.74, 6) is -0.701. The number of alkyl halides is 3. The number of ether oxygens (including phenoxy) is 2. The average Bonchev–Trinajstić information content (AvgIpc) is 3.43. The highest BCUT2D eigenvalue weighted by Gasteiger charge is 2.35. The van der Waals surface area contributed by atoms with Crippen molar-refractivity contribution >= 4 is 18.1 Å². The molecule has 1 fully saturated rings. The van der Waals surface area contributed by atoms with Crippen molar-refractivity contribution in [2.75, 3.05) is 19.7 Å². The Balaban J connectivity index is 1.70. The van der Waals surface area contributed by atoms with Crippen molar-refractivity contribution in [3.63, 3.8) is 0 Å². The largest absolute Gasteiger partial charge is 0.493 e. The monoisotopic (exact) mass is 625 g/mol. The molecule has 2 aromatic rings. The molecule has 2 amide bonds. The van der Waals surface area contributed by atoms with E-state index in [0.717, 1.165) is 31.7 Å². The minimum atomic E-state index is -4.65. The summed E-state index contributed by atoms with van der Waals surface area (Å²) < 4.78 is 57.9. The van der Waals surface area contributed by atoms with Gasteiger partial charge in [-0.05, 0) is 58.2 Å². The standard InChI is InChI=1S/C30H42F3N5O6/c1-5-6-7-8-9-10-11-17-42-23-15-14-20(18-22(23)30(31,32)33)24-34-25(44-37-24)21-13-12-16-38(19-21)26(35-27(39)40)36-28(41)43-29(2,3)4/h14-15,18,21H,5-13,16-17,19H2,1-4H3,(H,39,40)(H,35,36,41). The van der Waals surface area contributed by atoms with E-state index in [0.29, 0.717) is 25.8 Å². The highest BCUT2D eigenvalue weighted by atomic mass is 19.4. The number of piperidine rings is 1. The second-order valence-electron chi connectivity index (χ2n) is 11.8. The number of likely N-dealkylation sites (tertiary alicyclic amines) is 1. The summed E-state index contributed by atoms with van der Waals surface area (Å²) in [6.45, 7) is 7.86. The molecule has 14 heteroatoms. The van der Waals surface area contributed by atoms with Crippen molar-refractivity contribution in [1.82, 2.24) is 20.4 Å². The highest BCUT2D eigenvalue weighted by Crippen LogP contribution is 2.39. The normalized spacial score (nSPS) is 16.1. The van der Waals surface area contributed by atoms with Gasteiger partial charge in [0.05, 0.1) is 18.1 Å². The molecule has 1 unspecified atom stereocenters. The van der Waals surface area contributed by atoms with Gasteiger partial charge in [0.15, 0.2) is 0 Å². The van der Waals surface area contributed by atoms with Crippen LogP contribution in [0, 0.1) is 0 Å². The van der Waals surface area contributed by atoms with E-state index < -0.39 is 35.4 Å². The number of hydrogen-bond donors (Lipinski definition) is 2. The van der Waals surface area contributed by atoms with E-state index in [-0.39, 0.29) is 42.1 Å². The first-order chi connectivity index (χ1) is 20.8. The van der Waals surface area contributed by atoms with Gasteiger partial charge in [-0.25, -0.2) is 9.59 Å². The first-order valence-electron chi connectivity index (χ1n) is 15.0. The molecule has 1 aromatic carbocycles. The molecule has 0 spiro atoms. The topological polar surface area (TPSA) is 139 Å². The Morgan fingerprint density at radius 3 is 2.50 bits per heavy atom. The number of halogens is 3. The number of rotatable bonds is 11. The van der Waals surface area contributed by atoms with Crippen LogP contribution in [0.2, 0.25) is 0 Å². The number of amides is 2. The zero-order valence-electron chi connectivity index (χ0n) is 25.7. The number of aliphatic imine (C=N–C) groups is 1. The third-order valence-corrected chi connectivity index (χ3v) is 6.87. The van der Waals surface area contributed by atoms with Crippen LogP contribution in [0.1, 0.15) is 103 Å². The van der Waals surface area contributed by atoms with Gasteiger partial charge in [0.1, 0.15) is 11.4 Å². The van der Waals surface area contributed by atoms with Crippen molar-refractivity contribution in [3.8, 4) is 17.1 Å². The fourth-order valence-electron chi connectivity index (χ4n) is 4.79. The predicted octanol–water partition coefficient (Wildman–Crippen LogP) is 7.62. The molecular formula is C30H42F3N5O6. The van der Waals surface area contributed by atoms with Crippen LogP contribution in [0.4, 0.5) is 22.8 Å². The fourth-order valence-corrected chi connectivity index (χ4v) is 4.79. The Hall–Kier alpha value is -3.84. The molecule has 2 N–H and O–H groups in total. The summed E-state index contributed by atoms with van der Waals surface area (Å²) in [6.07, 6.45) is 1.36. The van der Waals surface area contributed by atoms with Gasteiger partial charge < -0.3 is 24.0 Å². The van der Waals surface area contributed by atoms with E-state index in [2.05, 4.69) is 27.4 Å². The molecule has 1 saturated heterocycles. The Morgan fingerprint density at radius 1 is 1.14 bits per heavy atom. The van der Waals surface area contributed by atoms with E-state index in [1.165, 1.54) is 25.0 Å². The van der Waals surface area contributed by atoms with Gasteiger partial charge in [0.2, 0.25) is 17.7 Å². The van der Waals surface area contributed by atoms with Gasteiger partial charge in [0, 0.05) is 18.7 Å². The van der Waals surface area contributed by atoms with Crippen molar-refractivity contribution in [2.45, 2.75) is 103 Å². The van der Waals surface area contributed by atoms with Gasteiger partial charge in [-0.2, -0.15) is 18.2 Å². The number of carbonyl (C=O) groups is 2. The van der Waals surface area contributed by atoms with E-state index in [1.807, 2.05) is 0 Å². The van der Waals surface area contributed by atoms with Gasteiger partial charge in [-0.15, -0.1) is 4.99 Å². The molecule has 0 aliphatic carbocycles. The van der Waals surface area contributed by atoms with Crippen LogP contribution in [0.3, 0.4) is 0 Å². The van der Waals surface area contributed by atoms with Gasteiger partial charge in [-0.1, -0.05) is 50.6 Å². The molecule has 1 aromatic heterocycles. The molecule has 0 radical (unpaired) electrons. The van der Waals surface area contributed by atoms with Crippen LogP contribution in [0.15, 0.2) is 27.7 Å². The van der Waals surface area contributed by atoms with E-state index in [1.54, 1.807) is 25.7 Å². The summed E-state index contributed by atoms with van der Waals surface area (Å²) in [4.78, 5) is 33.3. The zero-order chi connectivity index (χ0) is 32.3. The molecule has 44 heavy (non-hydrogen) atoms. The zero-order valence-corrected chi connectivity index (χ0v) is 25.7. The third-order valence-electron chi connectivity index (χ3n) is 6.87. The summed E-state index contributed by atoms with van der Waals surface area (Å²) >= 11 is 0. The Morgan fingerprint density at radius 2 is 1.84 bits per heavy atom. The summed E-state index contributed by atoms with van der Waals surface area (Å²) in [7, 11) is 0. The van der Waals surface area contributed by atoms with Crippen molar-refractivity contribution in [1.29, 1.82) is 0 Å². The molecule has 1 aliphatic rings. The Bertz CT molecular complexity index is 1270. The SMILES string of the molecule is CCCCCCCCCOc1ccc(-c2noc(C3CCCN(C(=NC(=O)OC(C)(C)C)NC(=O)O)C3)n2)cc1C(F)(F)F. The molecule has 1 atom stereocenters. The smallest absolute Gasteiger partial charge is 0.437 e. The van der Waals surface area contributed by atoms with Crippen LogP contribution in [-0.4, -0.2) is 63.6 Å². The molecule has 1 aliphatic heterocycles. The average molecular weight is 626 g/mol. The van der Waals surface area contributed by atoms with Crippen LogP contribution >= 0.6 is 0 Å². The lowest BCUT2D eigenvalue weighted by molar-refractivity contribution is -0.138. The van der Waals surface area contributed by atoms with Crippen molar-refractivity contribution < 1.29 is 41.9 Å². The molecular weight excluding hydrogens is 583 g/mol. The van der Waals surface area contributed by atoms with Crippen molar-refractivity contribution in [2.24, 2.45) is 4.99 Å². The third kappa shape index (κ3) is 11.0. The summed E-state index contributed by atoms with van der Waals surface area (Å²) in [5.41, 5.74) is -1.64. The number of hydrogen-bond acceptors (Lipinski definition) is 7. The predicted molar refractivity (Wildman–Crippen MR) is 157 cm³/mol. The number of guanidine groups is 1. The van der Waals surface area contributed by atoms with E-state index >= 15 is 0 Å². The summed E-state index contributed by atoms with van der Waals surface area (Å²) in [6, 6.07) is 3.68.